The van der Waals surface area contributed by atoms with Gasteiger partial charge < -0.3 is 4.90 Å². The van der Waals surface area contributed by atoms with Crippen molar-refractivity contribution in [3.8, 4) is 0 Å². The largest absolute Gasteiger partial charge is 0.302 e. The Balaban J connectivity index is 2.26. The molecule has 0 aliphatic carbocycles. The molecule has 2 nitrogen and oxygen atoms in total. The lowest BCUT2D eigenvalue weighted by atomic mass is 10.1. The summed E-state index contributed by atoms with van der Waals surface area (Å²) in [6, 6.07) is 0. The van der Waals surface area contributed by atoms with Crippen LogP contribution in [0.5, 0.6) is 0 Å². The van der Waals surface area contributed by atoms with Gasteiger partial charge in [0.25, 0.3) is 5.91 Å². The van der Waals surface area contributed by atoms with Gasteiger partial charge in [-0.15, -0.1) is 11.5 Å². The van der Waals surface area contributed by atoms with Crippen molar-refractivity contribution >= 4 is 5.91 Å². The zero-order valence-corrected chi connectivity index (χ0v) is 10.5. The first-order valence-electron chi connectivity index (χ1n) is 5.94. The van der Waals surface area contributed by atoms with Crippen LogP contribution in [-0.4, -0.2) is 17.4 Å². The Hall–Kier alpha value is -1.75. The van der Waals surface area contributed by atoms with Crippen LogP contribution in [0.15, 0.2) is 48.0 Å². The minimum atomic E-state index is 0.0401. The summed E-state index contributed by atoms with van der Waals surface area (Å²) in [6.45, 7) is 9.98. The van der Waals surface area contributed by atoms with Crippen LogP contribution >= 0.6 is 0 Å². The van der Waals surface area contributed by atoms with Crippen molar-refractivity contribution in [2.45, 2.75) is 32.6 Å². The highest BCUT2D eigenvalue weighted by atomic mass is 16.2. The van der Waals surface area contributed by atoms with Crippen LogP contribution in [-0.2, 0) is 4.79 Å². The van der Waals surface area contributed by atoms with Crippen LogP contribution in [0, 0.1) is 0 Å². The topological polar surface area (TPSA) is 20.3 Å². The maximum Gasteiger partial charge on any atom is 0.251 e. The second kappa shape index (κ2) is 6.75. The molecule has 0 aromatic carbocycles. The predicted molar refractivity (Wildman–Crippen MR) is 70.3 cm³/mol. The summed E-state index contributed by atoms with van der Waals surface area (Å²) in [7, 11) is 0. The van der Waals surface area contributed by atoms with E-state index in [9.17, 15) is 4.79 Å². The molecule has 1 aliphatic rings. The molecule has 90 valence electrons. The molecule has 0 fully saturated rings. The molecular weight excluding hydrogens is 210 g/mol. The maximum absolute atomic E-state index is 11.5. The molecular formula is C15H19NO. The molecule has 1 heterocycles. The van der Waals surface area contributed by atoms with Gasteiger partial charge in [-0.05, 0) is 37.8 Å². The van der Waals surface area contributed by atoms with Crippen molar-refractivity contribution in [2.75, 3.05) is 6.54 Å². The SMILES string of the molecule is C=C=C(C)CCCCCN1C(=O)C=CC1=C=C. The first-order chi connectivity index (χ1) is 8.19. The molecule has 0 bridgehead atoms. The first-order valence-corrected chi connectivity index (χ1v) is 5.94. The van der Waals surface area contributed by atoms with Gasteiger partial charge in [0, 0.05) is 12.6 Å². The summed E-state index contributed by atoms with van der Waals surface area (Å²) in [6.07, 6.45) is 7.60. The lowest BCUT2D eigenvalue weighted by Gasteiger charge is -2.16. The molecule has 0 unspecified atom stereocenters. The zero-order chi connectivity index (χ0) is 12.7. The standard InChI is InChI=1S/C15H19NO/c1-4-13(3)9-7-6-8-12-16-14(5-2)10-11-15(16)17/h10-11H,1-2,6-9,12H2,3H3. The molecule has 0 saturated heterocycles. The van der Waals surface area contributed by atoms with Crippen molar-refractivity contribution in [2.24, 2.45) is 0 Å². The van der Waals surface area contributed by atoms with Crippen LogP contribution in [0.2, 0.25) is 0 Å². The van der Waals surface area contributed by atoms with E-state index in [1.807, 2.05) is 6.92 Å². The van der Waals surface area contributed by atoms with Gasteiger partial charge in [-0.3, -0.25) is 4.79 Å². The van der Waals surface area contributed by atoms with E-state index in [0.29, 0.717) is 0 Å². The fourth-order valence-electron chi connectivity index (χ4n) is 1.76. The molecule has 1 rings (SSSR count). The molecule has 0 radical (unpaired) electrons. The fraction of sp³-hybridized carbons (Fsp3) is 0.400. The monoisotopic (exact) mass is 229 g/mol. The Labute approximate surface area is 103 Å². The quantitative estimate of drug-likeness (QED) is 0.505. The van der Waals surface area contributed by atoms with Crippen molar-refractivity contribution in [3.05, 3.63) is 48.0 Å². The van der Waals surface area contributed by atoms with E-state index in [4.69, 9.17) is 0 Å². The third-order valence-electron chi connectivity index (χ3n) is 2.86. The Bertz CT molecular complexity index is 418. The summed E-state index contributed by atoms with van der Waals surface area (Å²) < 4.78 is 0. The normalized spacial score (nSPS) is 13.8. The van der Waals surface area contributed by atoms with Crippen LogP contribution in [0.4, 0.5) is 0 Å². The third kappa shape index (κ3) is 3.96. The first kappa shape index (κ1) is 13.3. The highest BCUT2D eigenvalue weighted by Crippen LogP contribution is 2.15. The van der Waals surface area contributed by atoms with Gasteiger partial charge >= 0.3 is 0 Å². The van der Waals surface area contributed by atoms with Crippen molar-refractivity contribution in [1.29, 1.82) is 0 Å². The van der Waals surface area contributed by atoms with Gasteiger partial charge in [0.2, 0.25) is 0 Å². The zero-order valence-electron chi connectivity index (χ0n) is 10.5. The van der Waals surface area contributed by atoms with Crippen LogP contribution < -0.4 is 0 Å². The highest BCUT2D eigenvalue weighted by Gasteiger charge is 2.18. The summed E-state index contributed by atoms with van der Waals surface area (Å²) >= 11 is 0. The number of unbranched alkanes of at least 4 members (excludes halogenated alkanes) is 2. The number of nitrogens with zero attached hydrogens (tertiary/aromatic N) is 1. The van der Waals surface area contributed by atoms with Crippen molar-refractivity contribution < 1.29 is 4.79 Å². The van der Waals surface area contributed by atoms with E-state index in [1.165, 1.54) is 5.57 Å². The molecule has 0 spiro atoms. The number of carbonyl (C=O) groups excluding carboxylic acids is 1. The Morgan fingerprint density at radius 3 is 2.71 bits per heavy atom. The molecule has 17 heavy (non-hydrogen) atoms. The van der Waals surface area contributed by atoms with Gasteiger partial charge in [-0.2, -0.15) is 0 Å². The number of amides is 1. The van der Waals surface area contributed by atoms with Crippen molar-refractivity contribution in [3.63, 3.8) is 0 Å². The summed E-state index contributed by atoms with van der Waals surface area (Å²) in [5, 5.41) is 0. The molecule has 0 atom stereocenters. The smallest absolute Gasteiger partial charge is 0.251 e. The highest BCUT2D eigenvalue weighted by molar-refractivity contribution is 5.93. The summed E-state index contributed by atoms with van der Waals surface area (Å²) in [5.41, 5.74) is 7.66. The van der Waals surface area contributed by atoms with Crippen molar-refractivity contribution in [1.82, 2.24) is 4.90 Å². The van der Waals surface area contributed by atoms with E-state index >= 15 is 0 Å². The minimum Gasteiger partial charge on any atom is -0.302 e. The van der Waals surface area contributed by atoms with E-state index in [-0.39, 0.29) is 5.91 Å². The third-order valence-corrected chi connectivity index (χ3v) is 2.86. The summed E-state index contributed by atoms with van der Waals surface area (Å²) in [4.78, 5) is 13.2. The average molecular weight is 229 g/mol. The molecule has 1 amide bonds. The Morgan fingerprint density at radius 1 is 1.29 bits per heavy atom. The molecule has 2 heteroatoms. The Morgan fingerprint density at radius 2 is 2.06 bits per heavy atom. The van der Waals surface area contributed by atoms with E-state index in [2.05, 4.69) is 24.6 Å². The average Bonchev–Trinajstić information content (AvgIpc) is 2.69. The number of rotatable bonds is 6. The van der Waals surface area contributed by atoms with Crippen LogP contribution in [0.3, 0.4) is 0 Å². The molecule has 1 aliphatic heterocycles. The van der Waals surface area contributed by atoms with Gasteiger partial charge in [0.05, 0.1) is 5.70 Å². The fourth-order valence-corrected chi connectivity index (χ4v) is 1.76. The van der Waals surface area contributed by atoms with Gasteiger partial charge in [-0.1, -0.05) is 19.6 Å². The van der Waals surface area contributed by atoms with Gasteiger partial charge in [0.15, 0.2) is 0 Å². The van der Waals surface area contributed by atoms with Crippen LogP contribution in [0.25, 0.3) is 0 Å². The van der Waals surface area contributed by atoms with E-state index < -0.39 is 0 Å². The second-order valence-electron chi connectivity index (χ2n) is 4.15. The molecule has 0 saturated carbocycles. The number of allylic oxidation sites excluding steroid dienone is 2. The maximum atomic E-state index is 11.5. The number of hydrogen-bond acceptors (Lipinski definition) is 1. The van der Waals surface area contributed by atoms with Gasteiger partial charge in [-0.25, -0.2) is 0 Å². The number of carbonyl (C=O) groups is 1. The molecule has 0 N–H and O–H groups in total. The Kier molecular flexibility index (Phi) is 5.29. The lowest BCUT2D eigenvalue weighted by Crippen LogP contribution is -2.24. The van der Waals surface area contributed by atoms with Crippen LogP contribution in [0.1, 0.15) is 32.6 Å². The lowest BCUT2D eigenvalue weighted by molar-refractivity contribution is -0.123. The second-order valence-corrected chi connectivity index (χ2v) is 4.15. The summed E-state index contributed by atoms with van der Waals surface area (Å²) in [5.74, 6) is 0.0401. The molecule has 0 aromatic rings. The number of hydrogen-bond donors (Lipinski definition) is 0. The predicted octanol–water partition coefficient (Wildman–Crippen LogP) is 3.35. The minimum absolute atomic E-state index is 0.0401. The van der Waals surface area contributed by atoms with Gasteiger partial charge in [0.1, 0.15) is 0 Å². The van der Waals surface area contributed by atoms with E-state index in [0.717, 1.165) is 37.9 Å². The molecule has 0 aromatic heterocycles. The van der Waals surface area contributed by atoms with E-state index in [1.54, 1.807) is 17.1 Å².